The monoisotopic (exact) mass is 263 g/mol. The van der Waals surface area contributed by atoms with E-state index in [1.54, 1.807) is 11.4 Å². The van der Waals surface area contributed by atoms with E-state index in [1.165, 1.54) is 6.07 Å². The second kappa shape index (κ2) is 5.94. The quantitative estimate of drug-likeness (QED) is 0.619. The van der Waals surface area contributed by atoms with Gasteiger partial charge in [0.2, 0.25) is 5.91 Å². The van der Waals surface area contributed by atoms with Crippen LogP contribution >= 0.6 is 11.3 Å². The third-order valence-corrected chi connectivity index (χ3v) is 4.45. The fourth-order valence-electron chi connectivity index (χ4n) is 0.922. The van der Waals surface area contributed by atoms with Gasteiger partial charge in [0.25, 0.3) is 10.0 Å². The molecule has 1 aromatic heterocycles. The molecule has 8 heteroatoms. The maximum Gasteiger partial charge on any atom is 0.250 e. The molecule has 0 radical (unpaired) electrons. The van der Waals surface area contributed by atoms with Crippen LogP contribution in [0.4, 0.5) is 0 Å². The van der Waals surface area contributed by atoms with Gasteiger partial charge < -0.3 is 11.1 Å². The Hall–Kier alpha value is -0.960. The number of thiophene rings is 1. The summed E-state index contributed by atoms with van der Waals surface area (Å²) in [6.45, 7) is 0.378. The van der Waals surface area contributed by atoms with Crippen molar-refractivity contribution in [3.05, 3.63) is 17.5 Å². The molecular formula is C8H13N3O3S2. The van der Waals surface area contributed by atoms with Crippen LogP contribution in [0.3, 0.4) is 0 Å². The molecule has 1 aromatic rings. The summed E-state index contributed by atoms with van der Waals surface area (Å²) in [5, 5.41) is 4.12. The van der Waals surface area contributed by atoms with Crippen LogP contribution in [0.15, 0.2) is 21.7 Å². The van der Waals surface area contributed by atoms with Crippen molar-refractivity contribution in [3.63, 3.8) is 0 Å². The Labute approximate surface area is 97.9 Å². The Balaban J connectivity index is 2.46. The van der Waals surface area contributed by atoms with Crippen molar-refractivity contribution in [3.8, 4) is 0 Å². The van der Waals surface area contributed by atoms with E-state index in [4.69, 9.17) is 5.73 Å². The van der Waals surface area contributed by atoms with Crippen molar-refractivity contribution in [2.24, 2.45) is 5.73 Å². The maximum atomic E-state index is 11.6. The highest BCUT2D eigenvalue weighted by atomic mass is 32.2. The summed E-state index contributed by atoms with van der Waals surface area (Å²) in [7, 11) is -3.56. The molecule has 90 valence electrons. The molecule has 0 saturated carbocycles. The molecule has 0 spiro atoms. The van der Waals surface area contributed by atoms with Crippen LogP contribution in [0.2, 0.25) is 0 Å². The smallest absolute Gasteiger partial charge is 0.250 e. The van der Waals surface area contributed by atoms with Crippen molar-refractivity contribution in [2.75, 3.05) is 19.6 Å². The van der Waals surface area contributed by atoms with Gasteiger partial charge in [-0.3, -0.25) is 4.79 Å². The first-order chi connectivity index (χ1) is 7.56. The second-order valence-electron chi connectivity index (χ2n) is 2.90. The first kappa shape index (κ1) is 13.1. The van der Waals surface area contributed by atoms with Crippen LogP contribution in [0, 0.1) is 0 Å². The Morgan fingerprint density at radius 1 is 1.50 bits per heavy atom. The predicted octanol–water partition coefficient (Wildman–Crippen LogP) is -0.899. The van der Waals surface area contributed by atoms with Crippen LogP contribution < -0.4 is 15.8 Å². The lowest BCUT2D eigenvalue weighted by Gasteiger charge is -2.05. The molecule has 0 fully saturated rings. The summed E-state index contributed by atoms with van der Waals surface area (Å²) < 4.78 is 25.5. The minimum absolute atomic E-state index is 0.194. The van der Waals surface area contributed by atoms with Gasteiger partial charge in [0.05, 0.1) is 6.54 Å². The number of sulfonamides is 1. The summed E-state index contributed by atoms with van der Waals surface area (Å²) >= 11 is 1.10. The van der Waals surface area contributed by atoms with Crippen molar-refractivity contribution in [1.29, 1.82) is 0 Å². The summed E-state index contributed by atoms with van der Waals surface area (Å²) in [6.07, 6.45) is 0. The first-order valence-electron chi connectivity index (χ1n) is 4.56. The summed E-state index contributed by atoms with van der Waals surface area (Å²) in [5.74, 6) is -0.398. The van der Waals surface area contributed by atoms with Crippen molar-refractivity contribution >= 4 is 27.3 Å². The van der Waals surface area contributed by atoms with Gasteiger partial charge in [0.1, 0.15) is 4.21 Å². The zero-order chi connectivity index (χ0) is 12.0. The first-order valence-corrected chi connectivity index (χ1v) is 6.92. The molecule has 0 saturated heterocycles. The third-order valence-electron chi connectivity index (χ3n) is 1.65. The largest absolute Gasteiger partial charge is 0.354 e. The van der Waals surface area contributed by atoms with Gasteiger partial charge in [-0.2, -0.15) is 0 Å². The number of nitrogens with one attached hydrogen (secondary N) is 2. The summed E-state index contributed by atoms with van der Waals surface area (Å²) in [4.78, 5) is 11.1. The molecule has 1 rings (SSSR count). The van der Waals surface area contributed by atoms with Crippen LogP contribution in [0.5, 0.6) is 0 Å². The standard InChI is InChI=1S/C8H13N3O3S2/c9-3-4-10-7(12)6-11-16(13,14)8-2-1-5-15-8/h1-2,5,11H,3-4,6,9H2,(H,10,12). The average Bonchev–Trinajstić information content (AvgIpc) is 2.77. The maximum absolute atomic E-state index is 11.6. The van der Waals surface area contributed by atoms with Crippen molar-refractivity contribution in [2.45, 2.75) is 4.21 Å². The molecule has 4 N–H and O–H groups in total. The highest BCUT2D eigenvalue weighted by Crippen LogP contribution is 2.14. The fourth-order valence-corrected chi connectivity index (χ4v) is 2.94. The normalized spacial score (nSPS) is 11.3. The van der Waals surface area contributed by atoms with E-state index in [2.05, 4.69) is 10.0 Å². The highest BCUT2D eigenvalue weighted by Gasteiger charge is 2.15. The molecule has 0 atom stereocenters. The van der Waals surface area contributed by atoms with E-state index in [-0.39, 0.29) is 10.8 Å². The minimum atomic E-state index is -3.56. The molecule has 0 unspecified atom stereocenters. The Morgan fingerprint density at radius 3 is 2.81 bits per heavy atom. The molecule has 1 heterocycles. The number of amides is 1. The average molecular weight is 263 g/mol. The third kappa shape index (κ3) is 3.89. The van der Waals surface area contributed by atoms with Crippen molar-refractivity contribution in [1.82, 2.24) is 10.0 Å². The zero-order valence-electron chi connectivity index (χ0n) is 8.47. The fraction of sp³-hybridized carbons (Fsp3) is 0.375. The van der Waals surface area contributed by atoms with E-state index >= 15 is 0 Å². The lowest BCUT2D eigenvalue weighted by atomic mass is 10.5. The molecule has 0 aliphatic rings. The minimum Gasteiger partial charge on any atom is -0.354 e. The molecule has 6 nitrogen and oxygen atoms in total. The number of carbonyl (C=O) groups excluding carboxylic acids is 1. The van der Waals surface area contributed by atoms with Gasteiger partial charge in [0.15, 0.2) is 0 Å². The van der Waals surface area contributed by atoms with Gasteiger partial charge >= 0.3 is 0 Å². The number of hydrogen-bond acceptors (Lipinski definition) is 5. The highest BCUT2D eigenvalue weighted by molar-refractivity contribution is 7.91. The summed E-state index contributed by atoms with van der Waals surface area (Å²) in [5.41, 5.74) is 5.18. The van der Waals surface area contributed by atoms with E-state index in [1.807, 2.05) is 0 Å². The van der Waals surface area contributed by atoms with Crippen LogP contribution in [-0.2, 0) is 14.8 Å². The van der Waals surface area contributed by atoms with E-state index < -0.39 is 15.9 Å². The molecule has 1 amide bonds. The molecule has 0 aromatic carbocycles. The molecular weight excluding hydrogens is 250 g/mol. The predicted molar refractivity (Wildman–Crippen MR) is 61.6 cm³/mol. The number of hydrogen-bond donors (Lipinski definition) is 3. The molecule has 0 aliphatic carbocycles. The lowest BCUT2D eigenvalue weighted by Crippen LogP contribution is -2.38. The molecule has 0 aliphatic heterocycles. The number of carbonyl (C=O) groups is 1. The van der Waals surface area contributed by atoms with Crippen LogP contribution in [0.25, 0.3) is 0 Å². The molecule has 0 bridgehead atoms. The van der Waals surface area contributed by atoms with E-state index in [0.717, 1.165) is 11.3 Å². The number of rotatable bonds is 6. The van der Waals surface area contributed by atoms with Crippen LogP contribution in [0.1, 0.15) is 0 Å². The van der Waals surface area contributed by atoms with Gasteiger partial charge in [-0.15, -0.1) is 11.3 Å². The van der Waals surface area contributed by atoms with Crippen LogP contribution in [-0.4, -0.2) is 34.0 Å². The van der Waals surface area contributed by atoms with Gasteiger partial charge in [-0.05, 0) is 11.4 Å². The zero-order valence-corrected chi connectivity index (χ0v) is 10.1. The van der Waals surface area contributed by atoms with Gasteiger partial charge in [-0.1, -0.05) is 6.07 Å². The van der Waals surface area contributed by atoms with E-state index in [0.29, 0.717) is 13.1 Å². The lowest BCUT2D eigenvalue weighted by molar-refractivity contribution is -0.119. The number of nitrogens with two attached hydrogens (primary N) is 1. The SMILES string of the molecule is NCCNC(=O)CNS(=O)(=O)c1cccs1. The Bertz CT molecular complexity index is 427. The van der Waals surface area contributed by atoms with E-state index in [9.17, 15) is 13.2 Å². The Kier molecular flexibility index (Phi) is 4.87. The van der Waals surface area contributed by atoms with Gasteiger partial charge in [0, 0.05) is 13.1 Å². The van der Waals surface area contributed by atoms with Crippen molar-refractivity contribution < 1.29 is 13.2 Å². The van der Waals surface area contributed by atoms with Gasteiger partial charge in [-0.25, -0.2) is 13.1 Å². The summed E-state index contributed by atoms with van der Waals surface area (Å²) in [6, 6.07) is 3.11. The molecule has 16 heavy (non-hydrogen) atoms. The second-order valence-corrected chi connectivity index (χ2v) is 5.84. The topological polar surface area (TPSA) is 101 Å². The Morgan fingerprint density at radius 2 is 2.25 bits per heavy atom.